The highest BCUT2D eigenvalue weighted by atomic mass is 31.2. The average molecular weight is 724 g/mol. The molecule has 5 rings (SSSR count). The number of phosphoric acid groups is 1. The standard InChI is InChI=1S/C23H35N9O14P2/c1-40-6-4-27-47(36,42-8-11-7-12(33)20(44-11)31-5-3-14(24)28-23(31)35)46-16-13(9-43-48(37,38)39)45-21(17(16)41-2)32-10-26-15-18(32)29-22(25)30-19(15)34/h3,5,10-13,16-17,20-21,33H,4,6-9H2,1-2H3,(H,27,36)(H2,24,28,35)(H2,37,38,39)(H3,25,29,30,34)/t11-,12+,13+,16+,17+,20+,21+,47?/m0/s1. The van der Waals surface area contributed by atoms with Crippen molar-refractivity contribution < 1.29 is 56.5 Å². The number of nitrogens with two attached hydrogens (primary N) is 2. The van der Waals surface area contributed by atoms with Crippen LogP contribution in [-0.2, 0) is 41.6 Å². The van der Waals surface area contributed by atoms with Gasteiger partial charge in [-0.05, 0) is 6.07 Å². The van der Waals surface area contributed by atoms with Crippen LogP contribution in [0.3, 0.4) is 0 Å². The summed E-state index contributed by atoms with van der Waals surface area (Å²) in [6, 6.07) is 1.36. The van der Waals surface area contributed by atoms with Crippen molar-refractivity contribution in [3.63, 3.8) is 0 Å². The lowest BCUT2D eigenvalue weighted by molar-refractivity contribution is -0.0578. The predicted octanol–water partition coefficient (Wildman–Crippen LogP) is -2.04. The van der Waals surface area contributed by atoms with Crippen molar-refractivity contribution in [1.82, 2.24) is 34.2 Å². The minimum absolute atomic E-state index is 0.0156. The van der Waals surface area contributed by atoms with E-state index in [1.54, 1.807) is 0 Å². The average Bonchev–Trinajstić information content (AvgIpc) is 3.69. The number of imidazole rings is 1. The first kappa shape index (κ1) is 36.1. The molecule has 5 heterocycles. The fourth-order valence-corrected chi connectivity index (χ4v) is 7.06. The molecule has 1 unspecified atom stereocenters. The third-order valence-electron chi connectivity index (χ3n) is 7.28. The number of fused-ring (bicyclic) bond motifs is 1. The first-order valence-corrected chi connectivity index (χ1v) is 17.2. The van der Waals surface area contributed by atoms with E-state index in [0.29, 0.717) is 0 Å². The van der Waals surface area contributed by atoms with Gasteiger partial charge in [0.25, 0.3) is 5.56 Å². The number of H-pyrrole nitrogens is 1. The van der Waals surface area contributed by atoms with Crippen LogP contribution in [0.25, 0.3) is 11.2 Å². The van der Waals surface area contributed by atoms with Gasteiger partial charge in [0, 0.05) is 33.4 Å². The van der Waals surface area contributed by atoms with Gasteiger partial charge in [-0.15, -0.1) is 0 Å². The Balaban J connectivity index is 1.40. The molecule has 0 radical (unpaired) electrons. The Morgan fingerprint density at radius 2 is 1.85 bits per heavy atom. The first-order valence-electron chi connectivity index (χ1n) is 14.2. The number of aromatic amines is 1. The molecule has 0 amide bonds. The lowest BCUT2D eigenvalue weighted by Crippen LogP contribution is -2.39. The highest BCUT2D eigenvalue weighted by molar-refractivity contribution is 7.51. The molecule has 266 valence electrons. The van der Waals surface area contributed by atoms with Crippen molar-refractivity contribution in [2.75, 3.05) is 52.1 Å². The third kappa shape index (κ3) is 8.17. The summed E-state index contributed by atoms with van der Waals surface area (Å²) >= 11 is 0. The van der Waals surface area contributed by atoms with Gasteiger partial charge in [0.15, 0.2) is 23.6 Å². The maximum absolute atomic E-state index is 14.2. The van der Waals surface area contributed by atoms with Crippen molar-refractivity contribution in [2.24, 2.45) is 0 Å². The molecule has 48 heavy (non-hydrogen) atoms. The maximum Gasteiger partial charge on any atom is 0.469 e. The number of nitrogen functional groups attached to an aromatic ring is 2. The molecule has 3 aromatic heterocycles. The van der Waals surface area contributed by atoms with Crippen LogP contribution in [0.1, 0.15) is 18.9 Å². The van der Waals surface area contributed by atoms with Crippen molar-refractivity contribution in [3.05, 3.63) is 39.4 Å². The third-order valence-corrected chi connectivity index (χ3v) is 9.39. The van der Waals surface area contributed by atoms with Crippen molar-refractivity contribution in [3.8, 4) is 0 Å². The van der Waals surface area contributed by atoms with Gasteiger partial charge in [0.1, 0.15) is 30.2 Å². The summed E-state index contributed by atoms with van der Waals surface area (Å²) in [5.74, 6) is -0.245. The number of hydrogen-bond acceptors (Lipinski definition) is 17. The fourth-order valence-electron chi connectivity index (χ4n) is 5.19. The van der Waals surface area contributed by atoms with E-state index in [-0.39, 0.29) is 42.5 Å². The zero-order valence-corrected chi connectivity index (χ0v) is 27.2. The SMILES string of the molecule is COCCNP(=O)(OC[C@@H]1C[C@@H](O)[C@H](n2ccc(N)nc2=O)O1)O[C@H]1[C@@H](OC)[C@H](n2cnc3c(=O)[nH]c(N)nc32)O[C@@H]1COP(=O)(O)O. The second-order valence-electron chi connectivity index (χ2n) is 10.6. The van der Waals surface area contributed by atoms with Crippen LogP contribution in [0.5, 0.6) is 0 Å². The van der Waals surface area contributed by atoms with Crippen LogP contribution in [0.4, 0.5) is 11.8 Å². The molecular weight excluding hydrogens is 688 g/mol. The molecule has 2 fully saturated rings. The van der Waals surface area contributed by atoms with E-state index in [1.807, 2.05) is 0 Å². The molecule has 2 saturated heterocycles. The molecule has 2 aliphatic rings. The fraction of sp³-hybridized carbons (Fsp3) is 0.609. The summed E-state index contributed by atoms with van der Waals surface area (Å²) in [6.45, 7) is -1.17. The topological polar surface area (TPSA) is 322 Å². The van der Waals surface area contributed by atoms with E-state index >= 15 is 0 Å². The van der Waals surface area contributed by atoms with Crippen LogP contribution in [0.15, 0.2) is 28.2 Å². The summed E-state index contributed by atoms with van der Waals surface area (Å²) in [6.07, 6.45) is -5.90. The number of nitrogens with zero attached hydrogens (tertiary/aromatic N) is 5. The second kappa shape index (κ2) is 14.8. The summed E-state index contributed by atoms with van der Waals surface area (Å²) in [5, 5.41) is 13.2. The molecule has 3 aromatic rings. The smallest absolute Gasteiger partial charge is 0.388 e. The number of aromatic nitrogens is 6. The number of methoxy groups -OCH3 is 2. The number of phosphoric ester groups is 1. The van der Waals surface area contributed by atoms with Crippen LogP contribution in [0.2, 0.25) is 0 Å². The summed E-state index contributed by atoms with van der Waals surface area (Å²) in [4.78, 5) is 57.6. The monoisotopic (exact) mass is 723 g/mol. The minimum atomic E-state index is -5.03. The van der Waals surface area contributed by atoms with E-state index in [1.165, 1.54) is 37.4 Å². The molecule has 0 aliphatic carbocycles. The number of hydrogen-bond donors (Lipinski definition) is 7. The van der Waals surface area contributed by atoms with E-state index < -0.39 is 83.0 Å². The van der Waals surface area contributed by atoms with Gasteiger partial charge in [-0.3, -0.25) is 32.5 Å². The summed E-state index contributed by atoms with van der Waals surface area (Å²) < 4.78 is 67.1. The molecular formula is C23H35N9O14P2. The van der Waals surface area contributed by atoms with E-state index in [9.17, 15) is 33.6 Å². The van der Waals surface area contributed by atoms with Crippen LogP contribution >= 0.6 is 15.6 Å². The Hall–Kier alpha value is -3.15. The van der Waals surface area contributed by atoms with E-state index in [0.717, 1.165) is 4.57 Å². The molecule has 23 nitrogen and oxygen atoms in total. The van der Waals surface area contributed by atoms with Gasteiger partial charge in [0.05, 0.1) is 32.3 Å². The Morgan fingerprint density at radius 3 is 2.54 bits per heavy atom. The van der Waals surface area contributed by atoms with Gasteiger partial charge in [-0.1, -0.05) is 0 Å². The molecule has 0 spiro atoms. The number of anilines is 2. The molecule has 0 aromatic carbocycles. The zero-order valence-electron chi connectivity index (χ0n) is 25.4. The van der Waals surface area contributed by atoms with Gasteiger partial charge < -0.3 is 45.3 Å². The van der Waals surface area contributed by atoms with E-state index in [4.69, 9.17) is 44.0 Å². The summed E-state index contributed by atoms with van der Waals surface area (Å²) in [7, 11) is -6.77. The first-order chi connectivity index (χ1) is 22.7. The lowest BCUT2D eigenvalue weighted by Gasteiger charge is -2.28. The lowest BCUT2D eigenvalue weighted by atomic mass is 10.1. The zero-order chi connectivity index (χ0) is 34.8. The highest BCUT2D eigenvalue weighted by Gasteiger charge is 2.51. The molecule has 8 atom stereocenters. The Labute approximate surface area is 270 Å². The largest absolute Gasteiger partial charge is 0.469 e. The molecule has 0 bridgehead atoms. The highest BCUT2D eigenvalue weighted by Crippen LogP contribution is 2.50. The second-order valence-corrected chi connectivity index (χ2v) is 13.6. The summed E-state index contributed by atoms with van der Waals surface area (Å²) in [5.41, 5.74) is 9.76. The molecule has 2 aliphatic heterocycles. The predicted molar refractivity (Wildman–Crippen MR) is 161 cm³/mol. The van der Waals surface area contributed by atoms with Gasteiger partial charge in [0.2, 0.25) is 5.95 Å². The van der Waals surface area contributed by atoms with Crippen molar-refractivity contribution in [2.45, 2.75) is 49.4 Å². The van der Waals surface area contributed by atoms with Gasteiger partial charge in [-0.2, -0.15) is 9.97 Å². The number of aliphatic hydroxyl groups is 1. The van der Waals surface area contributed by atoms with Crippen molar-refractivity contribution in [1.29, 1.82) is 0 Å². The van der Waals surface area contributed by atoms with Gasteiger partial charge >= 0.3 is 21.3 Å². The Kier molecular flexibility index (Phi) is 11.1. The van der Waals surface area contributed by atoms with Crippen LogP contribution in [-0.4, -0.2) is 115 Å². The van der Waals surface area contributed by atoms with Crippen LogP contribution in [0, 0.1) is 0 Å². The van der Waals surface area contributed by atoms with Gasteiger partial charge in [-0.25, -0.2) is 24.0 Å². The quantitative estimate of drug-likeness (QED) is 0.0656. The number of rotatable bonds is 15. The Morgan fingerprint density at radius 1 is 1.08 bits per heavy atom. The number of aliphatic hydroxyl groups excluding tert-OH is 1. The van der Waals surface area contributed by atoms with E-state index in [2.05, 4.69) is 25.0 Å². The number of ether oxygens (including phenoxy) is 4. The number of nitrogens with one attached hydrogen (secondary N) is 2. The molecule has 9 N–H and O–H groups in total. The Bertz CT molecular complexity index is 1800. The van der Waals surface area contributed by atoms with Crippen molar-refractivity contribution >= 4 is 38.5 Å². The molecule has 25 heteroatoms. The molecule has 0 saturated carbocycles. The normalized spacial score (nSPS) is 27.5. The maximum atomic E-state index is 14.2. The minimum Gasteiger partial charge on any atom is -0.388 e. The van der Waals surface area contributed by atoms with Crippen LogP contribution < -0.4 is 27.8 Å².